The van der Waals surface area contributed by atoms with Crippen molar-refractivity contribution in [3.63, 3.8) is 0 Å². The van der Waals surface area contributed by atoms with Crippen molar-refractivity contribution in [2.24, 2.45) is 0 Å². The lowest BCUT2D eigenvalue weighted by atomic mass is 10.1. The van der Waals surface area contributed by atoms with Crippen LogP contribution in [0, 0.1) is 6.92 Å². The number of anilines is 1. The molecule has 0 aromatic heterocycles. The van der Waals surface area contributed by atoms with Crippen LogP contribution in [0.25, 0.3) is 0 Å². The molecule has 2 amide bonds. The second kappa shape index (κ2) is 10.4. The molecule has 5 heteroatoms. The average molecular weight is 368 g/mol. The maximum absolute atomic E-state index is 12.7. The van der Waals surface area contributed by atoms with E-state index in [-0.39, 0.29) is 11.8 Å². The fourth-order valence-electron chi connectivity index (χ4n) is 2.58. The summed E-state index contributed by atoms with van der Waals surface area (Å²) in [6, 6.07) is 14.6. The molecule has 0 bridgehead atoms. The highest BCUT2D eigenvalue weighted by atomic mass is 16.5. The molecule has 2 aromatic rings. The minimum absolute atomic E-state index is 0.188. The number of hydrogen-bond acceptors (Lipinski definition) is 3. The standard InChI is InChI=1S/C22H28N2O3/c1-4-6-15-23-21(25)18-9-7-8-10-19(18)24-22(26)20(5-2)27-17-13-11-16(3)12-14-17/h7-14,20H,4-6,15H2,1-3H3,(H,23,25)(H,24,26)/t20-/m0/s1. The minimum Gasteiger partial charge on any atom is -0.481 e. The third-order valence-corrected chi connectivity index (χ3v) is 4.21. The quantitative estimate of drug-likeness (QED) is 0.648. The highest BCUT2D eigenvalue weighted by Crippen LogP contribution is 2.18. The molecule has 0 unspecified atom stereocenters. The summed E-state index contributed by atoms with van der Waals surface area (Å²) in [7, 11) is 0. The molecule has 0 radical (unpaired) electrons. The Morgan fingerprint density at radius 2 is 1.74 bits per heavy atom. The number of para-hydroxylation sites is 1. The summed E-state index contributed by atoms with van der Waals surface area (Å²) in [5, 5.41) is 5.72. The maximum Gasteiger partial charge on any atom is 0.265 e. The van der Waals surface area contributed by atoms with Crippen molar-refractivity contribution < 1.29 is 14.3 Å². The molecule has 0 saturated carbocycles. The number of carbonyl (C=O) groups excluding carboxylic acids is 2. The number of carbonyl (C=O) groups is 2. The smallest absolute Gasteiger partial charge is 0.265 e. The van der Waals surface area contributed by atoms with Crippen LogP contribution in [0.5, 0.6) is 5.75 Å². The van der Waals surface area contributed by atoms with Crippen molar-refractivity contribution in [2.75, 3.05) is 11.9 Å². The van der Waals surface area contributed by atoms with Gasteiger partial charge in [-0.25, -0.2) is 0 Å². The third-order valence-electron chi connectivity index (χ3n) is 4.21. The second-order valence-corrected chi connectivity index (χ2v) is 6.47. The molecule has 0 aliphatic carbocycles. The summed E-state index contributed by atoms with van der Waals surface area (Å²) in [6.45, 7) is 6.57. The fraction of sp³-hybridized carbons (Fsp3) is 0.364. The normalized spacial score (nSPS) is 11.5. The summed E-state index contributed by atoms with van der Waals surface area (Å²) in [5.41, 5.74) is 2.07. The number of amides is 2. The number of aryl methyl sites for hydroxylation is 1. The van der Waals surface area contributed by atoms with Crippen LogP contribution in [-0.4, -0.2) is 24.5 Å². The molecule has 2 aromatic carbocycles. The van der Waals surface area contributed by atoms with E-state index in [1.165, 1.54) is 0 Å². The van der Waals surface area contributed by atoms with Crippen LogP contribution in [0.3, 0.4) is 0 Å². The van der Waals surface area contributed by atoms with E-state index < -0.39 is 6.10 Å². The van der Waals surface area contributed by atoms with Crippen LogP contribution in [0.2, 0.25) is 0 Å². The molecule has 0 aliphatic rings. The molecule has 2 N–H and O–H groups in total. The van der Waals surface area contributed by atoms with Crippen LogP contribution >= 0.6 is 0 Å². The van der Waals surface area contributed by atoms with Crippen molar-refractivity contribution in [1.82, 2.24) is 5.32 Å². The van der Waals surface area contributed by atoms with Crippen LogP contribution in [0.1, 0.15) is 49.0 Å². The average Bonchev–Trinajstić information content (AvgIpc) is 2.68. The molecular weight excluding hydrogens is 340 g/mol. The Balaban J connectivity index is 2.07. The van der Waals surface area contributed by atoms with Gasteiger partial charge >= 0.3 is 0 Å². The van der Waals surface area contributed by atoms with Gasteiger partial charge in [-0.3, -0.25) is 9.59 Å². The summed E-state index contributed by atoms with van der Waals surface area (Å²) in [4.78, 5) is 25.1. The first-order chi connectivity index (χ1) is 13.0. The zero-order valence-corrected chi connectivity index (χ0v) is 16.2. The molecule has 0 saturated heterocycles. The predicted molar refractivity (Wildman–Crippen MR) is 108 cm³/mol. The van der Waals surface area contributed by atoms with Crippen molar-refractivity contribution in [1.29, 1.82) is 0 Å². The number of hydrogen-bond donors (Lipinski definition) is 2. The van der Waals surface area contributed by atoms with Crippen LogP contribution in [0.15, 0.2) is 48.5 Å². The molecule has 1 atom stereocenters. The van der Waals surface area contributed by atoms with Gasteiger partial charge in [0.05, 0.1) is 11.3 Å². The Kier molecular flexibility index (Phi) is 7.86. The molecule has 27 heavy (non-hydrogen) atoms. The monoisotopic (exact) mass is 368 g/mol. The minimum atomic E-state index is -0.635. The van der Waals surface area contributed by atoms with Crippen LogP contribution in [0.4, 0.5) is 5.69 Å². The van der Waals surface area contributed by atoms with Crippen molar-refractivity contribution in [3.05, 3.63) is 59.7 Å². The summed E-state index contributed by atoms with van der Waals surface area (Å²) in [6.07, 6.45) is 1.81. The Morgan fingerprint density at radius 3 is 2.41 bits per heavy atom. The second-order valence-electron chi connectivity index (χ2n) is 6.47. The molecule has 5 nitrogen and oxygen atoms in total. The molecule has 0 spiro atoms. The largest absolute Gasteiger partial charge is 0.481 e. The number of ether oxygens (including phenoxy) is 1. The zero-order chi connectivity index (χ0) is 19.6. The van der Waals surface area contributed by atoms with E-state index in [1.807, 2.05) is 38.1 Å². The van der Waals surface area contributed by atoms with Gasteiger partial charge in [0.25, 0.3) is 11.8 Å². The van der Waals surface area contributed by atoms with E-state index in [1.54, 1.807) is 24.3 Å². The van der Waals surface area contributed by atoms with Crippen molar-refractivity contribution in [2.45, 2.75) is 46.1 Å². The topological polar surface area (TPSA) is 67.4 Å². The third kappa shape index (κ3) is 6.13. The Hall–Kier alpha value is -2.82. The summed E-state index contributed by atoms with van der Waals surface area (Å²) < 4.78 is 5.82. The maximum atomic E-state index is 12.7. The summed E-state index contributed by atoms with van der Waals surface area (Å²) in [5.74, 6) is 0.187. The summed E-state index contributed by atoms with van der Waals surface area (Å²) >= 11 is 0. The van der Waals surface area contributed by atoms with E-state index in [9.17, 15) is 9.59 Å². The van der Waals surface area contributed by atoms with Gasteiger partial charge in [-0.1, -0.05) is 50.1 Å². The van der Waals surface area contributed by atoms with E-state index >= 15 is 0 Å². The fourth-order valence-corrected chi connectivity index (χ4v) is 2.58. The van der Waals surface area contributed by atoms with Gasteiger partial charge in [0.15, 0.2) is 6.10 Å². The van der Waals surface area contributed by atoms with Gasteiger partial charge in [-0.15, -0.1) is 0 Å². The lowest BCUT2D eigenvalue weighted by Gasteiger charge is -2.18. The van der Waals surface area contributed by atoms with Crippen molar-refractivity contribution >= 4 is 17.5 Å². The molecule has 2 rings (SSSR count). The number of nitrogens with one attached hydrogen (secondary N) is 2. The van der Waals surface area contributed by atoms with Gasteiger partial charge in [0.2, 0.25) is 0 Å². The molecule has 144 valence electrons. The molecule has 0 aliphatic heterocycles. The predicted octanol–water partition coefficient (Wildman–Crippen LogP) is 4.32. The number of rotatable bonds is 9. The van der Waals surface area contributed by atoms with E-state index in [2.05, 4.69) is 17.6 Å². The van der Waals surface area contributed by atoms with Gasteiger partial charge in [-0.2, -0.15) is 0 Å². The highest BCUT2D eigenvalue weighted by Gasteiger charge is 2.21. The highest BCUT2D eigenvalue weighted by molar-refractivity contribution is 6.04. The molecule has 0 heterocycles. The first-order valence-corrected chi connectivity index (χ1v) is 9.46. The first kappa shape index (κ1) is 20.5. The lowest BCUT2D eigenvalue weighted by Crippen LogP contribution is -2.33. The first-order valence-electron chi connectivity index (χ1n) is 9.46. The number of unbranched alkanes of at least 4 members (excludes halogenated alkanes) is 1. The van der Waals surface area contributed by atoms with Gasteiger partial charge < -0.3 is 15.4 Å². The molecule has 0 fully saturated rings. The van der Waals surface area contributed by atoms with Gasteiger partial charge in [0.1, 0.15) is 5.75 Å². The van der Waals surface area contributed by atoms with E-state index in [0.29, 0.717) is 30.0 Å². The Morgan fingerprint density at radius 1 is 1.04 bits per heavy atom. The van der Waals surface area contributed by atoms with E-state index in [0.717, 1.165) is 18.4 Å². The Labute approximate surface area is 161 Å². The van der Waals surface area contributed by atoms with E-state index in [4.69, 9.17) is 4.74 Å². The molecular formula is C22H28N2O3. The zero-order valence-electron chi connectivity index (χ0n) is 16.2. The number of benzene rings is 2. The van der Waals surface area contributed by atoms with Crippen LogP contribution < -0.4 is 15.4 Å². The van der Waals surface area contributed by atoms with Gasteiger partial charge in [-0.05, 0) is 44.0 Å². The SMILES string of the molecule is CCCCNC(=O)c1ccccc1NC(=O)[C@H](CC)Oc1ccc(C)cc1. The van der Waals surface area contributed by atoms with Crippen LogP contribution in [-0.2, 0) is 4.79 Å². The van der Waals surface area contributed by atoms with Gasteiger partial charge in [0, 0.05) is 6.54 Å². The lowest BCUT2D eigenvalue weighted by molar-refractivity contribution is -0.122. The Bertz CT molecular complexity index is 756. The van der Waals surface area contributed by atoms with Crippen molar-refractivity contribution in [3.8, 4) is 5.75 Å².